The third kappa shape index (κ3) is 4.55. The lowest BCUT2D eigenvalue weighted by molar-refractivity contribution is -0.266. The van der Waals surface area contributed by atoms with Crippen LogP contribution in [-0.2, 0) is 23.8 Å². The van der Waals surface area contributed by atoms with E-state index in [0.717, 1.165) is 6.08 Å². The molecule has 0 spiro atoms. The molecule has 1 aromatic rings. The zero-order valence-electron chi connectivity index (χ0n) is 21.7. The van der Waals surface area contributed by atoms with Gasteiger partial charge in [0.2, 0.25) is 11.4 Å². The number of ether oxygens (including phenoxy) is 3. The summed E-state index contributed by atoms with van der Waals surface area (Å²) in [5.74, 6) is -4.64. The Hall–Kier alpha value is -3.22. The van der Waals surface area contributed by atoms with Crippen LogP contribution < -0.4 is 0 Å². The van der Waals surface area contributed by atoms with Gasteiger partial charge < -0.3 is 65.3 Å². The molecule has 5 rings (SSSR count). The van der Waals surface area contributed by atoms with E-state index in [2.05, 4.69) is 0 Å². The summed E-state index contributed by atoms with van der Waals surface area (Å²) in [5, 5.41) is 105. The Morgan fingerprint density at radius 3 is 2.07 bits per heavy atom. The van der Waals surface area contributed by atoms with E-state index in [1.54, 1.807) is 0 Å². The monoisotopic (exact) mass is 594 g/mol. The third-order valence-corrected chi connectivity index (χ3v) is 7.93. The molecule has 11 atom stereocenters. The lowest BCUT2D eigenvalue weighted by Crippen LogP contribution is -2.68. The van der Waals surface area contributed by atoms with Crippen molar-refractivity contribution in [3.8, 4) is 5.75 Å². The lowest BCUT2D eigenvalue weighted by Gasteiger charge is -2.47. The molecule has 10 N–H and O–H groups in total. The van der Waals surface area contributed by atoms with Crippen molar-refractivity contribution in [1.29, 1.82) is 0 Å². The molecule has 4 aliphatic rings. The molecule has 8 unspecified atom stereocenters. The fraction of sp³-hybridized carbons (Fsp3) is 0.481. The van der Waals surface area contributed by atoms with Gasteiger partial charge in [0.15, 0.2) is 11.9 Å². The first-order valence-corrected chi connectivity index (χ1v) is 12.9. The molecule has 0 aromatic heterocycles. The minimum absolute atomic E-state index is 0.0536. The maximum atomic E-state index is 13.9. The van der Waals surface area contributed by atoms with Crippen molar-refractivity contribution >= 4 is 17.6 Å². The largest absolute Gasteiger partial charge is 0.508 e. The smallest absolute Gasteiger partial charge is 0.214 e. The Labute approximate surface area is 237 Å². The van der Waals surface area contributed by atoms with Crippen LogP contribution in [0.5, 0.6) is 5.75 Å². The van der Waals surface area contributed by atoms with Crippen LogP contribution in [0.2, 0.25) is 0 Å². The minimum atomic E-state index is -3.22. The number of hydrogen-bond donors (Lipinski definition) is 10. The number of rotatable bonds is 6. The van der Waals surface area contributed by atoms with Gasteiger partial charge in [0.25, 0.3) is 0 Å². The summed E-state index contributed by atoms with van der Waals surface area (Å²) in [6.45, 7) is -1.73. The van der Waals surface area contributed by atoms with Gasteiger partial charge >= 0.3 is 0 Å². The third-order valence-electron chi connectivity index (χ3n) is 7.93. The average molecular weight is 595 g/mol. The van der Waals surface area contributed by atoms with E-state index >= 15 is 0 Å². The Kier molecular flexibility index (Phi) is 8.01. The number of allylic oxidation sites excluding steroid dienone is 1. The van der Waals surface area contributed by atoms with E-state index in [0.29, 0.717) is 5.56 Å². The number of aliphatic hydroxyl groups excluding tert-OH is 8. The van der Waals surface area contributed by atoms with Gasteiger partial charge in [-0.15, -0.1) is 0 Å². The van der Waals surface area contributed by atoms with Crippen LogP contribution in [0.4, 0.5) is 0 Å². The molecule has 2 fully saturated rings. The van der Waals surface area contributed by atoms with Crippen molar-refractivity contribution in [2.75, 3.05) is 13.2 Å². The second-order valence-electron chi connectivity index (χ2n) is 10.4. The van der Waals surface area contributed by atoms with Crippen LogP contribution in [0.25, 0.3) is 6.08 Å². The van der Waals surface area contributed by atoms with E-state index in [4.69, 9.17) is 14.2 Å². The number of aliphatic hydroxyl groups is 9. The number of ketones is 2. The predicted molar refractivity (Wildman–Crippen MR) is 135 cm³/mol. The highest BCUT2D eigenvalue weighted by Crippen LogP contribution is 2.50. The molecule has 3 heterocycles. The number of aromatic hydroxyl groups is 1. The van der Waals surface area contributed by atoms with E-state index < -0.39 is 114 Å². The van der Waals surface area contributed by atoms with Crippen LogP contribution >= 0.6 is 0 Å². The van der Waals surface area contributed by atoms with Gasteiger partial charge in [-0.3, -0.25) is 9.59 Å². The Bertz CT molecular complexity index is 1330. The second-order valence-corrected chi connectivity index (χ2v) is 10.4. The van der Waals surface area contributed by atoms with Gasteiger partial charge in [-0.1, -0.05) is 18.2 Å². The predicted octanol–water partition coefficient (Wildman–Crippen LogP) is -3.92. The van der Waals surface area contributed by atoms with Crippen LogP contribution in [0.3, 0.4) is 0 Å². The zero-order valence-corrected chi connectivity index (χ0v) is 21.7. The molecular weight excluding hydrogens is 564 g/mol. The Balaban J connectivity index is 1.64. The lowest BCUT2D eigenvalue weighted by atomic mass is 9.73. The first kappa shape index (κ1) is 30.2. The highest BCUT2D eigenvalue weighted by molar-refractivity contribution is 6.29. The zero-order chi connectivity index (χ0) is 30.7. The van der Waals surface area contributed by atoms with E-state index in [1.807, 2.05) is 0 Å². The van der Waals surface area contributed by atoms with Crippen LogP contribution in [0, 0.1) is 0 Å². The molecule has 0 bridgehead atoms. The number of phenols is 1. The fourth-order valence-corrected chi connectivity index (χ4v) is 5.63. The molecule has 0 amide bonds. The van der Waals surface area contributed by atoms with Crippen LogP contribution in [0.1, 0.15) is 5.56 Å². The highest BCUT2D eigenvalue weighted by atomic mass is 16.6. The number of carbonyl (C=O) groups is 2. The quantitative estimate of drug-likeness (QED) is 0.111. The van der Waals surface area contributed by atoms with Gasteiger partial charge in [0.05, 0.1) is 18.8 Å². The van der Waals surface area contributed by atoms with E-state index in [9.17, 15) is 60.7 Å². The van der Waals surface area contributed by atoms with Gasteiger partial charge in [-0.05, 0) is 23.8 Å². The van der Waals surface area contributed by atoms with Crippen molar-refractivity contribution in [2.24, 2.45) is 0 Å². The SMILES string of the molecule is O=C(C=Cc1ccc(O)cc1)C1=C(O)C2=C(OC3[C@@H](O)[C@H](O)C(CO)O[C@@H]23)C(O)(C2OC(CO)C(O)C(O)C2O)C1=O. The van der Waals surface area contributed by atoms with Crippen LogP contribution in [0.15, 0.2) is 53.0 Å². The number of benzene rings is 1. The number of Topliss-reactive ketones (excluding diaryl/α,β-unsaturated/α-hetero) is 1. The molecule has 0 radical (unpaired) electrons. The van der Waals surface area contributed by atoms with Crippen LogP contribution in [-0.4, -0.2) is 142 Å². The maximum Gasteiger partial charge on any atom is 0.214 e. The normalized spacial score (nSPS) is 40.2. The summed E-state index contributed by atoms with van der Waals surface area (Å²) in [6.07, 6.45) is -16.0. The van der Waals surface area contributed by atoms with Crippen molar-refractivity contribution in [3.63, 3.8) is 0 Å². The first-order chi connectivity index (χ1) is 19.9. The van der Waals surface area contributed by atoms with E-state index in [1.165, 1.54) is 30.3 Å². The van der Waals surface area contributed by atoms with Crippen molar-refractivity contribution in [1.82, 2.24) is 0 Å². The number of carbonyl (C=O) groups excluding carboxylic acids is 2. The summed E-state index contributed by atoms with van der Waals surface area (Å²) < 4.78 is 16.7. The summed E-state index contributed by atoms with van der Waals surface area (Å²) in [4.78, 5) is 27.3. The van der Waals surface area contributed by atoms with Gasteiger partial charge in [0.1, 0.15) is 77.8 Å². The molecule has 228 valence electrons. The molecule has 1 aromatic carbocycles. The van der Waals surface area contributed by atoms with Gasteiger partial charge in [-0.2, -0.15) is 0 Å². The molecule has 42 heavy (non-hydrogen) atoms. The molecule has 15 nitrogen and oxygen atoms in total. The molecular formula is C27H30O15. The Morgan fingerprint density at radius 2 is 1.45 bits per heavy atom. The van der Waals surface area contributed by atoms with Crippen molar-refractivity contribution in [2.45, 2.75) is 66.6 Å². The second kappa shape index (κ2) is 11.1. The topological polar surface area (TPSA) is 264 Å². The minimum Gasteiger partial charge on any atom is -0.508 e. The summed E-state index contributed by atoms with van der Waals surface area (Å²) >= 11 is 0. The first-order valence-electron chi connectivity index (χ1n) is 12.9. The molecule has 15 heteroatoms. The molecule has 2 saturated heterocycles. The van der Waals surface area contributed by atoms with E-state index in [-0.39, 0.29) is 5.75 Å². The van der Waals surface area contributed by atoms with Gasteiger partial charge in [-0.25, -0.2) is 0 Å². The molecule has 0 saturated carbocycles. The number of hydrogen-bond acceptors (Lipinski definition) is 15. The maximum absolute atomic E-state index is 13.9. The van der Waals surface area contributed by atoms with Crippen molar-refractivity contribution in [3.05, 3.63) is 58.6 Å². The Morgan fingerprint density at radius 1 is 0.857 bits per heavy atom. The standard InChI is InChI=1S/C27H30O15/c28-7-12-17(33)20(36)23-22(40-12)15-18(34)14(11(31)6-3-9-1-4-10(30)5-2-9)24(38)27(39,25(15)42-23)26-21(37)19(35)16(32)13(8-29)41-26/h1-6,12-13,16-17,19-23,26,28-30,32-37,39H,7-8H2/t12?,13?,16?,17-,19?,20+,21?,22+,23?,26?,27?/m1/s1. The molecule has 3 aliphatic heterocycles. The number of phenolic OH excluding ortho intramolecular Hbond substituents is 1. The number of fused-ring (bicyclic) bond motifs is 2. The van der Waals surface area contributed by atoms with Gasteiger partial charge in [0, 0.05) is 0 Å². The van der Waals surface area contributed by atoms with Crippen molar-refractivity contribution < 1.29 is 74.9 Å². The average Bonchev–Trinajstić information content (AvgIpc) is 3.37. The molecule has 1 aliphatic carbocycles. The highest BCUT2D eigenvalue weighted by Gasteiger charge is 2.67. The fourth-order valence-electron chi connectivity index (χ4n) is 5.63. The summed E-state index contributed by atoms with van der Waals surface area (Å²) in [6, 6.07) is 5.53. The summed E-state index contributed by atoms with van der Waals surface area (Å²) in [5.41, 5.74) is -4.38. The summed E-state index contributed by atoms with van der Waals surface area (Å²) in [7, 11) is 0.